The second-order valence-corrected chi connectivity index (χ2v) is 4.57. The SMILES string of the molecule is Cc1cc(F)c(NC(=O)c2cccc(C)c2N)cc1F. The predicted octanol–water partition coefficient (Wildman–Crippen LogP) is 3.42. The lowest BCUT2D eigenvalue weighted by Gasteiger charge is -2.10. The highest BCUT2D eigenvalue weighted by Crippen LogP contribution is 2.22. The zero-order chi connectivity index (χ0) is 14.9. The van der Waals surface area contributed by atoms with Gasteiger partial charge in [-0.1, -0.05) is 12.1 Å². The van der Waals surface area contributed by atoms with Crippen molar-refractivity contribution in [3.63, 3.8) is 0 Å². The van der Waals surface area contributed by atoms with Crippen LogP contribution in [0.2, 0.25) is 0 Å². The smallest absolute Gasteiger partial charge is 0.257 e. The normalized spacial score (nSPS) is 10.4. The third-order valence-corrected chi connectivity index (χ3v) is 3.07. The number of rotatable bonds is 2. The van der Waals surface area contributed by atoms with Crippen LogP contribution in [0.4, 0.5) is 20.2 Å². The van der Waals surface area contributed by atoms with Crippen molar-refractivity contribution in [3.8, 4) is 0 Å². The summed E-state index contributed by atoms with van der Waals surface area (Å²) in [4.78, 5) is 12.1. The standard InChI is InChI=1S/C15H14F2N2O/c1-8-4-3-5-10(14(8)18)15(20)19-13-7-11(16)9(2)6-12(13)17/h3-7H,18H2,1-2H3,(H,19,20). The highest BCUT2D eigenvalue weighted by Gasteiger charge is 2.14. The number of nitrogens with two attached hydrogens (primary N) is 1. The fourth-order valence-corrected chi connectivity index (χ4v) is 1.81. The molecule has 0 aliphatic heterocycles. The first-order valence-electron chi connectivity index (χ1n) is 6.02. The van der Waals surface area contributed by atoms with Crippen LogP contribution in [0.3, 0.4) is 0 Å². The number of nitrogen functional groups attached to an aromatic ring is 1. The van der Waals surface area contributed by atoms with Crippen LogP contribution in [0.5, 0.6) is 0 Å². The number of carbonyl (C=O) groups is 1. The van der Waals surface area contributed by atoms with Gasteiger partial charge in [0.05, 0.1) is 11.3 Å². The highest BCUT2D eigenvalue weighted by atomic mass is 19.1. The molecule has 0 saturated heterocycles. The second kappa shape index (κ2) is 5.28. The molecule has 0 radical (unpaired) electrons. The minimum atomic E-state index is -0.691. The largest absolute Gasteiger partial charge is 0.398 e. The quantitative estimate of drug-likeness (QED) is 0.826. The molecule has 2 rings (SSSR count). The van der Waals surface area contributed by atoms with Crippen LogP contribution in [-0.4, -0.2) is 5.91 Å². The van der Waals surface area contributed by atoms with Crippen LogP contribution >= 0.6 is 0 Å². The number of benzene rings is 2. The number of halogens is 2. The molecule has 0 atom stereocenters. The zero-order valence-corrected chi connectivity index (χ0v) is 11.1. The van der Waals surface area contributed by atoms with E-state index in [2.05, 4.69) is 5.32 Å². The maximum absolute atomic E-state index is 13.7. The topological polar surface area (TPSA) is 55.1 Å². The number of amides is 1. The Balaban J connectivity index is 2.33. The highest BCUT2D eigenvalue weighted by molar-refractivity contribution is 6.08. The molecule has 0 saturated carbocycles. The fraction of sp³-hybridized carbons (Fsp3) is 0.133. The lowest BCUT2D eigenvalue weighted by atomic mass is 10.1. The van der Waals surface area contributed by atoms with E-state index in [1.165, 1.54) is 13.0 Å². The number of hydrogen-bond donors (Lipinski definition) is 2. The molecule has 1 amide bonds. The molecule has 3 nitrogen and oxygen atoms in total. The van der Waals surface area contributed by atoms with Gasteiger partial charge in [-0.25, -0.2) is 8.78 Å². The van der Waals surface area contributed by atoms with Gasteiger partial charge in [0.15, 0.2) is 0 Å². The van der Waals surface area contributed by atoms with Gasteiger partial charge in [0.2, 0.25) is 0 Å². The summed E-state index contributed by atoms with van der Waals surface area (Å²) < 4.78 is 27.1. The van der Waals surface area contributed by atoms with Crippen molar-refractivity contribution in [2.45, 2.75) is 13.8 Å². The van der Waals surface area contributed by atoms with Crippen molar-refractivity contribution < 1.29 is 13.6 Å². The summed E-state index contributed by atoms with van der Waals surface area (Å²) in [5.74, 6) is -1.85. The number of para-hydroxylation sites is 1. The van der Waals surface area contributed by atoms with E-state index in [9.17, 15) is 13.6 Å². The van der Waals surface area contributed by atoms with Crippen LogP contribution in [0.15, 0.2) is 30.3 Å². The lowest BCUT2D eigenvalue weighted by molar-refractivity contribution is 0.102. The lowest BCUT2D eigenvalue weighted by Crippen LogP contribution is -2.15. The van der Waals surface area contributed by atoms with Crippen molar-refractivity contribution in [1.29, 1.82) is 0 Å². The molecule has 0 spiro atoms. The molecule has 104 valence electrons. The second-order valence-electron chi connectivity index (χ2n) is 4.57. The van der Waals surface area contributed by atoms with E-state index >= 15 is 0 Å². The van der Waals surface area contributed by atoms with Gasteiger partial charge >= 0.3 is 0 Å². The van der Waals surface area contributed by atoms with Crippen LogP contribution in [0.25, 0.3) is 0 Å². The number of aryl methyl sites for hydroxylation is 2. The molecule has 20 heavy (non-hydrogen) atoms. The Morgan fingerprint density at radius 3 is 2.50 bits per heavy atom. The average Bonchev–Trinajstić information content (AvgIpc) is 2.39. The number of nitrogens with one attached hydrogen (secondary N) is 1. The van der Waals surface area contributed by atoms with Gasteiger partial charge < -0.3 is 11.1 Å². The summed E-state index contributed by atoms with van der Waals surface area (Å²) in [6, 6.07) is 6.95. The fourth-order valence-electron chi connectivity index (χ4n) is 1.81. The summed E-state index contributed by atoms with van der Waals surface area (Å²) in [6.45, 7) is 3.21. The van der Waals surface area contributed by atoms with E-state index in [4.69, 9.17) is 5.73 Å². The maximum Gasteiger partial charge on any atom is 0.257 e. The van der Waals surface area contributed by atoms with E-state index in [1.54, 1.807) is 19.1 Å². The maximum atomic E-state index is 13.7. The van der Waals surface area contributed by atoms with E-state index in [0.29, 0.717) is 5.69 Å². The van der Waals surface area contributed by atoms with Crippen molar-refractivity contribution in [2.75, 3.05) is 11.1 Å². The molecule has 2 aromatic rings. The number of hydrogen-bond acceptors (Lipinski definition) is 2. The van der Waals surface area contributed by atoms with Crippen molar-refractivity contribution in [3.05, 3.63) is 58.7 Å². The molecule has 0 bridgehead atoms. The minimum absolute atomic E-state index is 0.176. The third kappa shape index (κ3) is 2.61. The van der Waals surface area contributed by atoms with Gasteiger partial charge in [-0.3, -0.25) is 4.79 Å². The average molecular weight is 276 g/mol. The number of carbonyl (C=O) groups excluding carboxylic acids is 1. The molecule has 0 unspecified atom stereocenters. The van der Waals surface area contributed by atoms with E-state index < -0.39 is 17.5 Å². The summed E-state index contributed by atoms with van der Waals surface area (Å²) in [6.07, 6.45) is 0. The van der Waals surface area contributed by atoms with Crippen molar-refractivity contribution in [1.82, 2.24) is 0 Å². The molecule has 0 fully saturated rings. The summed E-state index contributed by atoms with van der Waals surface area (Å²) in [5, 5.41) is 2.33. The first-order valence-corrected chi connectivity index (χ1v) is 6.02. The Labute approximate surface area is 115 Å². The molecule has 0 aliphatic carbocycles. The Morgan fingerprint density at radius 2 is 1.80 bits per heavy atom. The van der Waals surface area contributed by atoms with Crippen LogP contribution < -0.4 is 11.1 Å². The Morgan fingerprint density at radius 1 is 1.10 bits per heavy atom. The first-order chi connectivity index (χ1) is 9.40. The van der Waals surface area contributed by atoms with Gasteiger partial charge in [-0.2, -0.15) is 0 Å². The summed E-state index contributed by atoms with van der Waals surface area (Å²) in [5.41, 5.74) is 7.06. The van der Waals surface area contributed by atoms with Crippen molar-refractivity contribution in [2.24, 2.45) is 0 Å². The van der Waals surface area contributed by atoms with E-state index in [-0.39, 0.29) is 16.8 Å². The van der Waals surface area contributed by atoms with Gasteiger partial charge in [0.1, 0.15) is 11.6 Å². The van der Waals surface area contributed by atoms with Gasteiger partial charge in [0.25, 0.3) is 5.91 Å². The summed E-state index contributed by atoms with van der Waals surface area (Å²) in [7, 11) is 0. The molecule has 5 heteroatoms. The molecule has 0 aliphatic rings. The molecule has 3 N–H and O–H groups in total. The van der Waals surface area contributed by atoms with E-state index in [0.717, 1.165) is 17.7 Å². The Bertz CT molecular complexity index is 684. The minimum Gasteiger partial charge on any atom is -0.398 e. The Kier molecular flexibility index (Phi) is 3.70. The van der Waals surface area contributed by atoms with Crippen LogP contribution in [-0.2, 0) is 0 Å². The number of anilines is 2. The molecule has 0 heterocycles. The zero-order valence-electron chi connectivity index (χ0n) is 11.1. The van der Waals surface area contributed by atoms with Gasteiger partial charge in [-0.15, -0.1) is 0 Å². The van der Waals surface area contributed by atoms with Gasteiger partial charge in [-0.05, 0) is 37.1 Å². The van der Waals surface area contributed by atoms with Gasteiger partial charge in [0, 0.05) is 11.8 Å². The first kappa shape index (κ1) is 14.0. The molecule has 2 aromatic carbocycles. The third-order valence-electron chi connectivity index (χ3n) is 3.07. The van der Waals surface area contributed by atoms with Crippen LogP contribution in [0, 0.1) is 25.5 Å². The monoisotopic (exact) mass is 276 g/mol. The van der Waals surface area contributed by atoms with Crippen molar-refractivity contribution >= 4 is 17.3 Å². The Hall–Kier alpha value is -2.43. The molecular weight excluding hydrogens is 262 g/mol. The molecule has 0 aromatic heterocycles. The summed E-state index contributed by atoms with van der Waals surface area (Å²) >= 11 is 0. The van der Waals surface area contributed by atoms with E-state index in [1.807, 2.05) is 0 Å². The predicted molar refractivity (Wildman–Crippen MR) is 74.6 cm³/mol. The van der Waals surface area contributed by atoms with Crippen LogP contribution in [0.1, 0.15) is 21.5 Å². The molecular formula is C15H14F2N2O.